The van der Waals surface area contributed by atoms with Crippen molar-refractivity contribution in [2.24, 2.45) is 11.5 Å². The number of phosphoric acid groups is 1. The van der Waals surface area contributed by atoms with Crippen LogP contribution >= 0.6 is 7.82 Å². The van der Waals surface area contributed by atoms with E-state index in [9.17, 15) is 47.9 Å². The van der Waals surface area contributed by atoms with Gasteiger partial charge in [0.25, 0.3) is 0 Å². The number of rotatable bonds is 19. The van der Waals surface area contributed by atoms with Gasteiger partial charge in [-0.2, -0.15) is 0 Å². The predicted octanol–water partition coefficient (Wildman–Crippen LogP) is 0.214. The molecule has 6 atom stereocenters. The molecule has 7 amide bonds. The number of primary amides is 2. The van der Waals surface area contributed by atoms with Gasteiger partial charge in [-0.3, -0.25) is 38.1 Å². The van der Waals surface area contributed by atoms with Crippen LogP contribution in [0.4, 0.5) is 0 Å². The van der Waals surface area contributed by atoms with Gasteiger partial charge in [-0.15, -0.1) is 0 Å². The van der Waals surface area contributed by atoms with E-state index in [0.717, 1.165) is 15.7 Å². The van der Waals surface area contributed by atoms with E-state index in [1.807, 2.05) is 36.4 Å². The van der Waals surface area contributed by atoms with Crippen molar-refractivity contribution in [3.8, 4) is 0 Å². The molecule has 1 saturated heterocycles. The van der Waals surface area contributed by atoms with E-state index in [1.165, 1.54) is 13.8 Å². The third-order valence-corrected chi connectivity index (χ3v) is 10.2. The van der Waals surface area contributed by atoms with Crippen molar-refractivity contribution in [1.82, 2.24) is 26.2 Å². The number of fused-ring (bicyclic) bond motifs is 1. The van der Waals surface area contributed by atoms with Crippen LogP contribution in [-0.4, -0.2) is 98.9 Å². The lowest BCUT2D eigenvalue weighted by atomic mass is 9.97. The van der Waals surface area contributed by atoms with Crippen LogP contribution < -0.4 is 32.7 Å². The number of carbonyl (C=O) groups excluding carboxylic acids is 7. The molecule has 1 heterocycles. The summed E-state index contributed by atoms with van der Waals surface area (Å²) in [5, 5.41) is 12.0. The van der Waals surface area contributed by atoms with Crippen LogP contribution in [0.15, 0.2) is 72.8 Å². The number of amides is 7. The van der Waals surface area contributed by atoms with Crippen molar-refractivity contribution in [3.05, 3.63) is 83.9 Å². The molecule has 1 aliphatic heterocycles. The number of hydrogen-bond acceptors (Lipinski definition) is 9. The zero-order chi connectivity index (χ0) is 42.6. The van der Waals surface area contributed by atoms with Gasteiger partial charge in [0.1, 0.15) is 30.2 Å². The van der Waals surface area contributed by atoms with Crippen LogP contribution in [-0.2, 0) is 55.5 Å². The molecule has 1 fully saturated rings. The van der Waals surface area contributed by atoms with Crippen LogP contribution in [0.5, 0.6) is 0 Å². The average molecular weight is 824 g/mol. The quantitative estimate of drug-likeness (QED) is 0.0757. The summed E-state index contributed by atoms with van der Waals surface area (Å²) >= 11 is 0. The Morgan fingerprint density at radius 3 is 2.05 bits per heavy atom. The summed E-state index contributed by atoms with van der Waals surface area (Å²) in [5.74, 6) is -5.55. The molecule has 58 heavy (non-hydrogen) atoms. The number of carbonyl (C=O) groups is 7. The molecular weight excluding hydrogens is 773 g/mol. The zero-order valence-electron chi connectivity index (χ0n) is 32.2. The van der Waals surface area contributed by atoms with Gasteiger partial charge in [-0.05, 0) is 54.5 Å². The number of benzene rings is 3. The summed E-state index contributed by atoms with van der Waals surface area (Å²) in [6.07, 6.45) is -1.11. The van der Waals surface area contributed by atoms with Crippen molar-refractivity contribution < 1.29 is 52.4 Å². The van der Waals surface area contributed by atoms with Gasteiger partial charge < -0.3 is 47.4 Å². The van der Waals surface area contributed by atoms with Gasteiger partial charge in [0, 0.05) is 32.7 Å². The molecule has 0 radical (unpaired) electrons. The molecule has 18 nitrogen and oxygen atoms in total. The van der Waals surface area contributed by atoms with Gasteiger partial charge in [-0.25, -0.2) is 4.57 Å². The molecule has 0 aromatic heterocycles. The molecular formula is C39H50N7O11P. The topological polar surface area (TPSA) is 290 Å². The number of nitrogens with two attached hydrogens (primary N) is 2. The first kappa shape index (κ1) is 45.0. The zero-order valence-corrected chi connectivity index (χ0v) is 33.1. The Labute approximate surface area is 335 Å². The van der Waals surface area contributed by atoms with E-state index in [-0.39, 0.29) is 38.6 Å². The lowest BCUT2D eigenvalue weighted by Gasteiger charge is -2.39. The van der Waals surface area contributed by atoms with Gasteiger partial charge >= 0.3 is 7.82 Å². The Morgan fingerprint density at radius 2 is 1.41 bits per heavy atom. The first-order chi connectivity index (χ1) is 27.4. The van der Waals surface area contributed by atoms with E-state index in [4.69, 9.17) is 16.0 Å². The van der Waals surface area contributed by atoms with Gasteiger partial charge in [0.05, 0.1) is 6.10 Å². The van der Waals surface area contributed by atoms with Crippen LogP contribution in [0, 0.1) is 0 Å². The van der Waals surface area contributed by atoms with Gasteiger partial charge in [-0.1, -0.05) is 72.8 Å². The highest BCUT2D eigenvalue weighted by atomic mass is 31.2. The highest BCUT2D eigenvalue weighted by Gasteiger charge is 2.42. The molecule has 3 aromatic carbocycles. The minimum Gasteiger partial charge on any atom is -0.370 e. The second kappa shape index (κ2) is 20.7. The lowest BCUT2D eigenvalue weighted by molar-refractivity contribution is -0.148. The molecule has 0 saturated carbocycles. The Kier molecular flexibility index (Phi) is 16.0. The molecule has 312 valence electrons. The fourth-order valence-corrected chi connectivity index (χ4v) is 7.34. The second-order valence-corrected chi connectivity index (χ2v) is 15.4. The maximum Gasteiger partial charge on any atom is 0.469 e. The van der Waals surface area contributed by atoms with Crippen molar-refractivity contribution in [3.63, 3.8) is 0 Å². The molecule has 0 spiro atoms. The number of likely N-dealkylation sites (tertiary alicyclic amines) is 1. The standard InChI is InChI=1S/C39H50N7O11P/c1-23(57-58(54,55)56)34(45-37(51)30(42-24(2)47)21-25-10-4-3-5-11-25)39(53)46-19-9-8-14-32(46)38(52)44-31(36(50)43-29(35(41)49)17-18-33(40)48)22-26-15-16-27-12-6-7-13-28(27)20-26/h3-7,10-13,15-16,20,23,29-32,34H,8-9,14,17-19,21-22H2,1-2H3,(H2,40,48)(H2,41,49)(H,42,47)(H,43,50)(H,44,52)(H,45,51)(H2,54,55,56)/t23-,29-,30-,31-,32+,34-/m0/s1. The van der Waals surface area contributed by atoms with E-state index in [2.05, 4.69) is 21.3 Å². The highest BCUT2D eigenvalue weighted by molar-refractivity contribution is 7.46. The molecule has 0 bridgehead atoms. The largest absolute Gasteiger partial charge is 0.469 e. The van der Waals surface area contributed by atoms with Crippen molar-refractivity contribution in [2.75, 3.05) is 6.54 Å². The Morgan fingerprint density at radius 1 is 0.793 bits per heavy atom. The molecule has 0 aliphatic carbocycles. The summed E-state index contributed by atoms with van der Waals surface area (Å²) in [7, 11) is -5.22. The van der Waals surface area contributed by atoms with Gasteiger partial charge in [0.2, 0.25) is 41.4 Å². The van der Waals surface area contributed by atoms with Crippen molar-refractivity contribution >= 4 is 59.9 Å². The Hall–Kier alpha value is -5.68. The smallest absolute Gasteiger partial charge is 0.370 e. The van der Waals surface area contributed by atoms with Crippen molar-refractivity contribution in [1.29, 1.82) is 0 Å². The monoisotopic (exact) mass is 823 g/mol. The number of nitrogens with zero attached hydrogens (tertiary/aromatic N) is 1. The normalized spacial score (nSPS) is 16.8. The van der Waals surface area contributed by atoms with Crippen LogP contribution in [0.25, 0.3) is 10.8 Å². The minimum absolute atomic E-state index is 0.00937. The number of piperidine rings is 1. The molecule has 0 unspecified atom stereocenters. The molecule has 4 rings (SSSR count). The summed E-state index contributed by atoms with van der Waals surface area (Å²) in [6.45, 7) is 2.36. The lowest BCUT2D eigenvalue weighted by Crippen LogP contribution is -2.63. The molecule has 19 heteroatoms. The Bertz CT molecular complexity index is 2030. The van der Waals surface area contributed by atoms with E-state index < -0.39 is 85.5 Å². The van der Waals surface area contributed by atoms with Crippen LogP contribution in [0.2, 0.25) is 0 Å². The minimum atomic E-state index is -5.22. The third-order valence-electron chi connectivity index (χ3n) is 9.63. The van der Waals surface area contributed by atoms with Crippen molar-refractivity contribution in [2.45, 2.75) is 95.1 Å². The first-order valence-electron chi connectivity index (χ1n) is 18.7. The van der Waals surface area contributed by atoms with Crippen LogP contribution in [0.3, 0.4) is 0 Å². The number of nitrogens with one attached hydrogen (secondary N) is 4. The van der Waals surface area contributed by atoms with E-state index in [1.54, 1.807) is 36.4 Å². The summed E-state index contributed by atoms with van der Waals surface area (Å²) in [4.78, 5) is 112. The maximum atomic E-state index is 14.4. The van der Waals surface area contributed by atoms with Gasteiger partial charge in [0.15, 0.2) is 0 Å². The fraction of sp³-hybridized carbons (Fsp3) is 0.410. The predicted molar refractivity (Wildman–Crippen MR) is 211 cm³/mol. The van der Waals surface area contributed by atoms with Crippen LogP contribution in [0.1, 0.15) is 57.1 Å². The Balaban J connectivity index is 1.63. The average Bonchev–Trinajstić information content (AvgIpc) is 3.16. The molecule has 1 aliphatic rings. The first-order valence-corrected chi connectivity index (χ1v) is 20.3. The summed E-state index contributed by atoms with van der Waals surface area (Å²) < 4.78 is 16.8. The highest BCUT2D eigenvalue weighted by Crippen LogP contribution is 2.38. The van der Waals surface area contributed by atoms with E-state index >= 15 is 0 Å². The SMILES string of the molecule is CC(=O)N[C@@H](Cc1ccccc1)C(=O)N[C@H](C(=O)N1CCCC[C@@H]1C(=O)N[C@@H](Cc1ccc2ccccc2c1)C(=O)N[C@@H](CCC(N)=O)C(N)=O)[C@H](C)OP(=O)(O)O. The third kappa shape index (κ3) is 13.5. The second-order valence-electron chi connectivity index (χ2n) is 14.2. The van der Waals surface area contributed by atoms with E-state index in [0.29, 0.717) is 24.0 Å². The summed E-state index contributed by atoms with van der Waals surface area (Å²) in [5.41, 5.74) is 12.1. The number of phosphoric ester groups is 1. The maximum absolute atomic E-state index is 14.4. The number of hydrogen-bond donors (Lipinski definition) is 8. The molecule has 3 aromatic rings. The summed E-state index contributed by atoms with van der Waals surface area (Å²) in [6, 6.07) is 14.8. The fourth-order valence-electron chi connectivity index (χ4n) is 6.79. The molecule has 10 N–H and O–H groups in total.